The summed E-state index contributed by atoms with van der Waals surface area (Å²) in [7, 11) is 1.62. The predicted octanol–water partition coefficient (Wildman–Crippen LogP) is 4.29. The molecule has 1 amide bonds. The minimum absolute atomic E-state index is 0.00927. The number of hydrogen-bond donors (Lipinski definition) is 1. The van der Waals surface area contributed by atoms with Crippen LogP contribution >= 0.6 is 0 Å². The predicted molar refractivity (Wildman–Crippen MR) is 112 cm³/mol. The van der Waals surface area contributed by atoms with Gasteiger partial charge in [0.05, 0.1) is 19.4 Å². The molecule has 1 saturated heterocycles. The highest BCUT2D eigenvalue weighted by Crippen LogP contribution is 2.25. The van der Waals surface area contributed by atoms with Crippen LogP contribution in [-0.4, -0.2) is 42.7 Å². The fourth-order valence-electron chi connectivity index (χ4n) is 3.85. The first kappa shape index (κ1) is 20.2. The first-order valence-electron chi connectivity index (χ1n) is 10.4. The fourth-order valence-corrected chi connectivity index (χ4v) is 3.85. The molecule has 0 spiro atoms. The number of carbonyl (C=O) groups is 1. The Morgan fingerprint density at radius 3 is 2.60 bits per heavy atom. The van der Waals surface area contributed by atoms with E-state index >= 15 is 0 Å². The number of rotatable bonds is 7. The van der Waals surface area contributed by atoms with Crippen LogP contribution in [0.25, 0.3) is 11.3 Å². The van der Waals surface area contributed by atoms with E-state index in [2.05, 4.69) is 15.4 Å². The summed E-state index contributed by atoms with van der Waals surface area (Å²) < 4.78 is 16.2. The second-order valence-electron chi connectivity index (χ2n) is 7.50. The molecule has 7 nitrogen and oxygen atoms in total. The van der Waals surface area contributed by atoms with Gasteiger partial charge < -0.3 is 19.0 Å². The zero-order valence-corrected chi connectivity index (χ0v) is 17.2. The molecule has 30 heavy (non-hydrogen) atoms. The van der Waals surface area contributed by atoms with E-state index in [9.17, 15) is 4.79 Å². The molecule has 1 atom stereocenters. The minimum atomic E-state index is -0.259. The Bertz CT molecular complexity index is 926. The van der Waals surface area contributed by atoms with Crippen LogP contribution in [0.4, 0.5) is 0 Å². The molecule has 4 rings (SSSR count). The molecule has 1 aromatic carbocycles. The largest absolute Gasteiger partial charge is 0.497 e. The van der Waals surface area contributed by atoms with Gasteiger partial charge in [0.2, 0.25) is 0 Å². The van der Waals surface area contributed by atoms with Crippen molar-refractivity contribution in [3.8, 4) is 17.1 Å². The molecule has 1 aliphatic heterocycles. The number of likely N-dealkylation sites (tertiary alicyclic amines) is 1. The maximum absolute atomic E-state index is 12.7. The van der Waals surface area contributed by atoms with Crippen LogP contribution in [0.15, 0.2) is 57.7 Å². The van der Waals surface area contributed by atoms with Crippen molar-refractivity contribution in [2.45, 2.75) is 31.7 Å². The number of furan rings is 1. The number of nitrogens with zero attached hydrogens (tertiary/aromatic N) is 2. The van der Waals surface area contributed by atoms with Crippen molar-refractivity contribution in [1.29, 1.82) is 0 Å². The lowest BCUT2D eigenvalue weighted by atomic mass is 10.1. The van der Waals surface area contributed by atoms with E-state index < -0.39 is 0 Å². The zero-order chi connectivity index (χ0) is 20.8. The van der Waals surface area contributed by atoms with E-state index in [-0.39, 0.29) is 17.6 Å². The van der Waals surface area contributed by atoms with Gasteiger partial charge in [0.1, 0.15) is 11.5 Å². The Balaban J connectivity index is 1.42. The second kappa shape index (κ2) is 9.63. The SMILES string of the molecule is COc1ccc(-c2cc(C(=O)NC[C@H](c3ccco3)N3CCCCCC3)no2)cc1. The number of methoxy groups -OCH3 is 1. The summed E-state index contributed by atoms with van der Waals surface area (Å²) in [5, 5.41) is 6.95. The van der Waals surface area contributed by atoms with Crippen LogP contribution in [0.1, 0.15) is 48.0 Å². The summed E-state index contributed by atoms with van der Waals surface area (Å²) in [6.45, 7) is 2.47. The third-order valence-corrected chi connectivity index (χ3v) is 5.53. The molecular weight excluding hydrogens is 382 g/mol. The number of aromatic nitrogens is 1. The number of nitrogens with one attached hydrogen (secondary N) is 1. The molecule has 3 aromatic rings. The van der Waals surface area contributed by atoms with E-state index in [0.717, 1.165) is 30.2 Å². The van der Waals surface area contributed by atoms with E-state index in [1.165, 1.54) is 25.7 Å². The van der Waals surface area contributed by atoms with E-state index in [0.29, 0.717) is 12.3 Å². The van der Waals surface area contributed by atoms with Crippen LogP contribution in [-0.2, 0) is 0 Å². The normalized spacial score (nSPS) is 16.0. The van der Waals surface area contributed by atoms with Gasteiger partial charge in [0, 0.05) is 18.2 Å². The Kier molecular flexibility index (Phi) is 6.49. The molecule has 0 aliphatic carbocycles. The molecule has 0 unspecified atom stereocenters. The van der Waals surface area contributed by atoms with Gasteiger partial charge in [-0.05, 0) is 62.3 Å². The summed E-state index contributed by atoms with van der Waals surface area (Å²) in [4.78, 5) is 15.1. The van der Waals surface area contributed by atoms with Gasteiger partial charge in [0.25, 0.3) is 5.91 Å². The number of hydrogen-bond acceptors (Lipinski definition) is 6. The lowest BCUT2D eigenvalue weighted by Crippen LogP contribution is -2.38. The Hall–Kier alpha value is -3.06. The fraction of sp³-hybridized carbons (Fsp3) is 0.391. The summed E-state index contributed by atoms with van der Waals surface area (Å²) in [6, 6.07) is 12.9. The van der Waals surface area contributed by atoms with E-state index in [1.807, 2.05) is 36.4 Å². The molecule has 1 N–H and O–H groups in total. The van der Waals surface area contributed by atoms with Gasteiger partial charge in [0.15, 0.2) is 11.5 Å². The topological polar surface area (TPSA) is 80.7 Å². The average Bonchev–Trinajstić information content (AvgIpc) is 3.42. The Labute approximate surface area is 176 Å². The van der Waals surface area contributed by atoms with Crippen molar-refractivity contribution in [3.63, 3.8) is 0 Å². The van der Waals surface area contributed by atoms with Crippen molar-refractivity contribution in [3.05, 3.63) is 60.2 Å². The standard InChI is InChI=1S/C23H27N3O4/c1-28-18-10-8-17(9-11-18)22-15-19(25-30-22)23(27)24-16-20(21-7-6-14-29-21)26-12-4-2-3-5-13-26/h6-11,14-15,20H,2-5,12-13,16H2,1H3,(H,24,27)/t20-/m1/s1. The highest BCUT2D eigenvalue weighted by atomic mass is 16.5. The first-order valence-corrected chi connectivity index (χ1v) is 10.4. The molecule has 3 heterocycles. The molecule has 1 fully saturated rings. The molecule has 1 aliphatic rings. The van der Waals surface area contributed by atoms with Gasteiger partial charge in [-0.3, -0.25) is 9.69 Å². The van der Waals surface area contributed by atoms with Gasteiger partial charge >= 0.3 is 0 Å². The number of ether oxygens (including phenoxy) is 1. The van der Waals surface area contributed by atoms with Crippen molar-refractivity contribution < 1.29 is 18.5 Å². The second-order valence-corrected chi connectivity index (χ2v) is 7.50. The molecule has 7 heteroatoms. The van der Waals surface area contributed by atoms with Crippen LogP contribution in [0.5, 0.6) is 5.75 Å². The summed E-state index contributed by atoms with van der Waals surface area (Å²) >= 11 is 0. The number of amides is 1. The third-order valence-electron chi connectivity index (χ3n) is 5.53. The first-order chi connectivity index (χ1) is 14.7. The third kappa shape index (κ3) is 4.74. The van der Waals surface area contributed by atoms with Crippen molar-refractivity contribution >= 4 is 5.91 Å². The Morgan fingerprint density at radius 1 is 1.17 bits per heavy atom. The quantitative estimate of drug-likeness (QED) is 0.627. The van der Waals surface area contributed by atoms with Gasteiger partial charge in [-0.25, -0.2) is 0 Å². The lowest BCUT2D eigenvalue weighted by molar-refractivity contribution is 0.0918. The summed E-state index contributed by atoms with van der Waals surface area (Å²) in [6.07, 6.45) is 6.52. The monoisotopic (exact) mass is 409 g/mol. The van der Waals surface area contributed by atoms with Crippen molar-refractivity contribution in [2.24, 2.45) is 0 Å². The van der Waals surface area contributed by atoms with Crippen molar-refractivity contribution in [1.82, 2.24) is 15.4 Å². The lowest BCUT2D eigenvalue weighted by Gasteiger charge is -2.29. The van der Waals surface area contributed by atoms with Crippen LogP contribution < -0.4 is 10.1 Å². The zero-order valence-electron chi connectivity index (χ0n) is 17.2. The average molecular weight is 409 g/mol. The van der Waals surface area contributed by atoms with Crippen LogP contribution in [0.2, 0.25) is 0 Å². The minimum Gasteiger partial charge on any atom is -0.497 e. The molecule has 0 bridgehead atoms. The Morgan fingerprint density at radius 2 is 1.93 bits per heavy atom. The molecule has 158 valence electrons. The molecule has 0 saturated carbocycles. The smallest absolute Gasteiger partial charge is 0.273 e. The maximum Gasteiger partial charge on any atom is 0.273 e. The number of benzene rings is 1. The van der Waals surface area contributed by atoms with Gasteiger partial charge in [-0.1, -0.05) is 18.0 Å². The summed E-state index contributed by atoms with van der Waals surface area (Å²) in [5.74, 6) is 1.91. The highest BCUT2D eigenvalue weighted by molar-refractivity contribution is 5.93. The molecule has 2 aromatic heterocycles. The van der Waals surface area contributed by atoms with E-state index in [1.54, 1.807) is 19.4 Å². The highest BCUT2D eigenvalue weighted by Gasteiger charge is 2.25. The van der Waals surface area contributed by atoms with Crippen LogP contribution in [0.3, 0.4) is 0 Å². The van der Waals surface area contributed by atoms with Crippen LogP contribution in [0, 0.1) is 0 Å². The van der Waals surface area contributed by atoms with E-state index in [4.69, 9.17) is 13.7 Å². The molecule has 0 radical (unpaired) electrons. The molecular formula is C23H27N3O4. The number of carbonyl (C=O) groups excluding carboxylic acids is 1. The summed E-state index contributed by atoms with van der Waals surface area (Å²) in [5.41, 5.74) is 1.09. The van der Waals surface area contributed by atoms with Gasteiger partial charge in [-0.15, -0.1) is 0 Å². The maximum atomic E-state index is 12.7. The van der Waals surface area contributed by atoms with Crippen molar-refractivity contribution in [2.75, 3.05) is 26.7 Å². The van der Waals surface area contributed by atoms with Gasteiger partial charge in [-0.2, -0.15) is 0 Å².